The second kappa shape index (κ2) is 6.77. The molecule has 18 heavy (non-hydrogen) atoms. The Bertz CT molecular complexity index is 449. The summed E-state index contributed by atoms with van der Waals surface area (Å²) in [4.78, 5) is 11.8. The van der Waals surface area contributed by atoms with Crippen LogP contribution < -0.4 is 5.32 Å². The van der Waals surface area contributed by atoms with Gasteiger partial charge in [-0.15, -0.1) is 0 Å². The van der Waals surface area contributed by atoms with Gasteiger partial charge in [0.05, 0.1) is 11.6 Å². The van der Waals surface area contributed by atoms with Crippen LogP contribution in [0.15, 0.2) is 24.3 Å². The molecule has 0 aromatic heterocycles. The largest absolute Gasteiger partial charge is 0.368 e. The third kappa shape index (κ3) is 4.56. The van der Waals surface area contributed by atoms with Crippen LogP contribution >= 0.6 is 0 Å². The SMILES string of the molecule is CC(C)CO[C@H](C)C(=O)Nc1cccc(C#N)c1. The van der Waals surface area contributed by atoms with Gasteiger partial charge in [0.1, 0.15) is 6.10 Å². The maximum absolute atomic E-state index is 11.8. The van der Waals surface area contributed by atoms with Gasteiger partial charge < -0.3 is 10.1 Å². The van der Waals surface area contributed by atoms with E-state index in [-0.39, 0.29) is 5.91 Å². The lowest BCUT2D eigenvalue weighted by atomic mass is 10.2. The van der Waals surface area contributed by atoms with Crippen LogP contribution in [0, 0.1) is 17.2 Å². The van der Waals surface area contributed by atoms with Gasteiger partial charge in [-0.05, 0) is 31.0 Å². The van der Waals surface area contributed by atoms with Crippen molar-refractivity contribution >= 4 is 11.6 Å². The van der Waals surface area contributed by atoms with Crippen molar-refractivity contribution in [1.82, 2.24) is 0 Å². The van der Waals surface area contributed by atoms with Gasteiger partial charge >= 0.3 is 0 Å². The maximum atomic E-state index is 11.8. The van der Waals surface area contributed by atoms with E-state index in [1.165, 1.54) is 0 Å². The van der Waals surface area contributed by atoms with E-state index >= 15 is 0 Å². The van der Waals surface area contributed by atoms with Crippen molar-refractivity contribution in [2.45, 2.75) is 26.9 Å². The maximum Gasteiger partial charge on any atom is 0.253 e. The van der Waals surface area contributed by atoms with E-state index < -0.39 is 6.10 Å². The lowest BCUT2D eigenvalue weighted by Gasteiger charge is -2.14. The van der Waals surface area contributed by atoms with E-state index in [9.17, 15) is 4.79 Å². The number of nitrogens with zero attached hydrogens (tertiary/aromatic N) is 1. The Morgan fingerprint density at radius 3 is 2.78 bits per heavy atom. The van der Waals surface area contributed by atoms with Crippen molar-refractivity contribution < 1.29 is 9.53 Å². The molecule has 0 bridgehead atoms. The van der Waals surface area contributed by atoms with Crippen molar-refractivity contribution in [2.75, 3.05) is 11.9 Å². The summed E-state index contributed by atoms with van der Waals surface area (Å²) in [5.74, 6) is 0.188. The van der Waals surface area contributed by atoms with E-state index in [4.69, 9.17) is 10.00 Å². The number of nitriles is 1. The van der Waals surface area contributed by atoms with Gasteiger partial charge in [0.25, 0.3) is 5.91 Å². The summed E-state index contributed by atoms with van der Waals surface area (Å²) in [6.07, 6.45) is -0.502. The molecule has 0 aliphatic carbocycles. The molecule has 0 aliphatic heterocycles. The number of hydrogen-bond acceptors (Lipinski definition) is 3. The molecule has 0 aliphatic rings. The summed E-state index contributed by atoms with van der Waals surface area (Å²) in [6.45, 7) is 6.32. The van der Waals surface area contributed by atoms with E-state index in [1.54, 1.807) is 31.2 Å². The van der Waals surface area contributed by atoms with Crippen molar-refractivity contribution in [3.8, 4) is 6.07 Å². The number of carbonyl (C=O) groups excluding carboxylic acids is 1. The molecule has 1 N–H and O–H groups in total. The first-order chi connectivity index (χ1) is 8.52. The number of nitrogens with one attached hydrogen (secondary N) is 1. The van der Waals surface area contributed by atoms with Crippen LogP contribution in [0.3, 0.4) is 0 Å². The number of benzene rings is 1. The first-order valence-electron chi connectivity index (χ1n) is 5.95. The second-order valence-corrected chi connectivity index (χ2v) is 4.55. The van der Waals surface area contributed by atoms with Gasteiger partial charge in [0.15, 0.2) is 0 Å². The molecule has 1 aromatic rings. The van der Waals surface area contributed by atoms with Gasteiger partial charge in [-0.3, -0.25) is 4.79 Å². The van der Waals surface area contributed by atoms with Crippen molar-refractivity contribution in [1.29, 1.82) is 5.26 Å². The third-order valence-electron chi connectivity index (χ3n) is 2.31. The van der Waals surface area contributed by atoms with Crippen LogP contribution in [-0.2, 0) is 9.53 Å². The van der Waals surface area contributed by atoms with Gasteiger partial charge in [0, 0.05) is 12.3 Å². The molecule has 1 amide bonds. The molecule has 4 nitrogen and oxygen atoms in total. The van der Waals surface area contributed by atoms with Crippen LogP contribution in [0.4, 0.5) is 5.69 Å². The average Bonchev–Trinajstić information content (AvgIpc) is 2.36. The molecule has 0 unspecified atom stereocenters. The predicted molar refractivity (Wildman–Crippen MR) is 70.0 cm³/mol. The highest BCUT2D eigenvalue weighted by Gasteiger charge is 2.14. The monoisotopic (exact) mass is 246 g/mol. The van der Waals surface area contributed by atoms with Crippen LogP contribution in [0.25, 0.3) is 0 Å². The molecular formula is C14H18N2O2. The summed E-state index contributed by atoms with van der Waals surface area (Å²) in [6, 6.07) is 8.82. The smallest absolute Gasteiger partial charge is 0.253 e. The number of rotatable bonds is 5. The zero-order valence-corrected chi connectivity index (χ0v) is 10.9. The fourth-order valence-electron chi connectivity index (χ4n) is 1.32. The third-order valence-corrected chi connectivity index (χ3v) is 2.31. The molecule has 0 heterocycles. The van der Waals surface area contributed by atoms with Gasteiger partial charge in [-0.25, -0.2) is 0 Å². The van der Waals surface area contributed by atoms with Gasteiger partial charge in [0.2, 0.25) is 0 Å². The molecule has 0 saturated heterocycles. The summed E-state index contributed by atoms with van der Waals surface area (Å²) in [5.41, 5.74) is 1.13. The van der Waals surface area contributed by atoms with E-state index in [2.05, 4.69) is 5.32 Å². The highest BCUT2D eigenvalue weighted by atomic mass is 16.5. The Kier molecular flexibility index (Phi) is 5.34. The molecule has 96 valence electrons. The zero-order chi connectivity index (χ0) is 13.5. The predicted octanol–water partition coefficient (Wildman–Crippen LogP) is 2.56. The first-order valence-corrected chi connectivity index (χ1v) is 5.95. The Morgan fingerprint density at radius 2 is 2.17 bits per heavy atom. The Balaban J connectivity index is 2.56. The Labute approximate surface area is 108 Å². The van der Waals surface area contributed by atoms with E-state index in [0.29, 0.717) is 23.8 Å². The van der Waals surface area contributed by atoms with E-state index in [1.807, 2.05) is 19.9 Å². The van der Waals surface area contributed by atoms with Crippen molar-refractivity contribution in [3.63, 3.8) is 0 Å². The molecule has 0 radical (unpaired) electrons. The molecule has 0 spiro atoms. The minimum atomic E-state index is -0.502. The quantitative estimate of drug-likeness (QED) is 0.868. The number of anilines is 1. The molecule has 1 aromatic carbocycles. The van der Waals surface area contributed by atoms with Gasteiger partial charge in [-0.2, -0.15) is 5.26 Å². The average molecular weight is 246 g/mol. The number of amides is 1. The van der Waals surface area contributed by atoms with Gasteiger partial charge in [-0.1, -0.05) is 19.9 Å². The molecule has 1 rings (SSSR count). The fourth-order valence-corrected chi connectivity index (χ4v) is 1.32. The summed E-state index contributed by atoms with van der Waals surface area (Å²) < 4.78 is 5.42. The number of hydrogen-bond donors (Lipinski definition) is 1. The lowest BCUT2D eigenvalue weighted by Crippen LogP contribution is -2.28. The standard InChI is InChI=1S/C14H18N2O2/c1-10(2)9-18-11(3)14(17)16-13-6-4-5-12(7-13)8-15/h4-7,10-11H,9H2,1-3H3,(H,16,17)/t11-/m1/s1. The van der Waals surface area contributed by atoms with Crippen LogP contribution in [-0.4, -0.2) is 18.6 Å². The highest BCUT2D eigenvalue weighted by molar-refractivity contribution is 5.94. The Morgan fingerprint density at radius 1 is 1.44 bits per heavy atom. The second-order valence-electron chi connectivity index (χ2n) is 4.55. The molecule has 0 fully saturated rings. The zero-order valence-electron chi connectivity index (χ0n) is 10.9. The number of carbonyl (C=O) groups is 1. The van der Waals surface area contributed by atoms with Crippen LogP contribution in [0.1, 0.15) is 26.3 Å². The van der Waals surface area contributed by atoms with E-state index in [0.717, 1.165) is 0 Å². The molecular weight excluding hydrogens is 228 g/mol. The molecule has 0 saturated carbocycles. The highest BCUT2D eigenvalue weighted by Crippen LogP contribution is 2.10. The molecule has 1 atom stereocenters. The topological polar surface area (TPSA) is 62.1 Å². The Hall–Kier alpha value is -1.86. The summed E-state index contributed by atoms with van der Waals surface area (Å²) in [5, 5.41) is 11.5. The van der Waals surface area contributed by atoms with Crippen LogP contribution in [0.2, 0.25) is 0 Å². The minimum absolute atomic E-state index is 0.203. The normalized spacial score (nSPS) is 11.9. The summed E-state index contributed by atoms with van der Waals surface area (Å²) in [7, 11) is 0. The molecule has 4 heteroatoms. The van der Waals surface area contributed by atoms with Crippen molar-refractivity contribution in [2.24, 2.45) is 5.92 Å². The fraction of sp³-hybridized carbons (Fsp3) is 0.429. The summed E-state index contributed by atoms with van der Waals surface area (Å²) >= 11 is 0. The lowest BCUT2D eigenvalue weighted by molar-refractivity contribution is -0.126. The van der Waals surface area contributed by atoms with Crippen molar-refractivity contribution in [3.05, 3.63) is 29.8 Å². The number of ether oxygens (including phenoxy) is 1. The first kappa shape index (κ1) is 14.2. The van der Waals surface area contributed by atoms with Crippen LogP contribution in [0.5, 0.6) is 0 Å². The minimum Gasteiger partial charge on any atom is -0.368 e.